The van der Waals surface area contributed by atoms with Gasteiger partial charge in [-0.3, -0.25) is 20.5 Å². The van der Waals surface area contributed by atoms with Crippen LogP contribution in [0.4, 0.5) is 10.6 Å². The summed E-state index contributed by atoms with van der Waals surface area (Å²) in [6.45, 7) is 0. The first-order valence-electron chi connectivity index (χ1n) is 5.90. The Morgan fingerprint density at radius 2 is 1.80 bits per heavy atom. The maximum atomic E-state index is 11.6. The number of carbonyl (C=O) groups is 2. The maximum Gasteiger partial charge on any atom is 0.339 e. The number of urea groups is 1. The maximum absolute atomic E-state index is 11.6. The van der Waals surface area contributed by atoms with Crippen LogP contribution in [0, 0.1) is 0 Å². The van der Waals surface area contributed by atoms with Gasteiger partial charge in [0.2, 0.25) is 5.91 Å². The highest BCUT2D eigenvalue weighted by atomic mass is 16.2. The quantitative estimate of drug-likeness (QED) is 0.722. The second-order valence-electron chi connectivity index (χ2n) is 3.87. The van der Waals surface area contributed by atoms with Crippen molar-refractivity contribution in [3.05, 3.63) is 54.5 Å². The Morgan fingerprint density at radius 3 is 2.50 bits per heavy atom. The molecule has 0 aliphatic heterocycles. The normalized spacial score (nSPS) is 9.60. The second-order valence-corrected chi connectivity index (χ2v) is 3.87. The van der Waals surface area contributed by atoms with E-state index in [4.69, 9.17) is 0 Å². The molecule has 0 spiro atoms. The molecule has 2 heterocycles. The molecule has 2 aromatic heterocycles. The lowest BCUT2D eigenvalue weighted by Gasteiger charge is -2.08. The molecule has 0 saturated carbocycles. The van der Waals surface area contributed by atoms with Gasteiger partial charge in [0.15, 0.2) is 0 Å². The van der Waals surface area contributed by atoms with Crippen molar-refractivity contribution in [1.29, 1.82) is 0 Å². The summed E-state index contributed by atoms with van der Waals surface area (Å²) in [6.07, 6.45) is 4.91. The number of amides is 3. The summed E-state index contributed by atoms with van der Waals surface area (Å²) in [5.74, 6) is 0.0701. The number of hydrogen-bond acceptors (Lipinski definition) is 4. The van der Waals surface area contributed by atoms with Crippen LogP contribution in [0.5, 0.6) is 0 Å². The number of carbonyl (C=O) groups excluding carboxylic acids is 2. The van der Waals surface area contributed by atoms with Gasteiger partial charge in [-0.15, -0.1) is 0 Å². The van der Waals surface area contributed by atoms with E-state index in [1.165, 1.54) is 0 Å². The number of anilines is 1. The van der Waals surface area contributed by atoms with E-state index in [1.807, 2.05) is 0 Å². The van der Waals surface area contributed by atoms with Crippen LogP contribution in [0.15, 0.2) is 48.9 Å². The zero-order valence-corrected chi connectivity index (χ0v) is 10.5. The van der Waals surface area contributed by atoms with Gasteiger partial charge in [0.05, 0.1) is 6.42 Å². The molecule has 0 aliphatic rings. The summed E-state index contributed by atoms with van der Waals surface area (Å²) >= 11 is 0. The Kier molecular flexibility index (Phi) is 4.60. The highest BCUT2D eigenvalue weighted by Gasteiger charge is 2.05. The van der Waals surface area contributed by atoms with Gasteiger partial charge in [-0.25, -0.2) is 15.2 Å². The lowest BCUT2D eigenvalue weighted by Crippen LogP contribution is -2.44. The molecule has 20 heavy (non-hydrogen) atoms. The van der Waals surface area contributed by atoms with Gasteiger partial charge >= 0.3 is 6.03 Å². The van der Waals surface area contributed by atoms with Crippen molar-refractivity contribution in [2.24, 2.45) is 0 Å². The van der Waals surface area contributed by atoms with Crippen LogP contribution >= 0.6 is 0 Å². The van der Waals surface area contributed by atoms with E-state index in [1.54, 1.807) is 48.9 Å². The highest BCUT2D eigenvalue weighted by Crippen LogP contribution is 1.99. The molecule has 0 atom stereocenters. The molecule has 7 nitrogen and oxygen atoms in total. The van der Waals surface area contributed by atoms with E-state index in [-0.39, 0.29) is 12.3 Å². The molecule has 2 rings (SSSR count). The molecule has 0 aliphatic carbocycles. The second kappa shape index (κ2) is 6.83. The van der Waals surface area contributed by atoms with Gasteiger partial charge in [-0.05, 0) is 29.8 Å². The van der Waals surface area contributed by atoms with Crippen LogP contribution in [0.2, 0.25) is 0 Å². The van der Waals surface area contributed by atoms with Crippen molar-refractivity contribution >= 4 is 17.8 Å². The number of hydrazine groups is 1. The average Bonchev–Trinajstić information content (AvgIpc) is 2.47. The lowest BCUT2D eigenvalue weighted by atomic mass is 10.2. The van der Waals surface area contributed by atoms with E-state index >= 15 is 0 Å². The summed E-state index contributed by atoms with van der Waals surface area (Å²) < 4.78 is 0. The van der Waals surface area contributed by atoms with E-state index in [0.29, 0.717) is 5.82 Å². The number of nitrogens with one attached hydrogen (secondary N) is 3. The Balaban J connectivity index is 1.75. The number of pyridine rings is 2. The van der Waals surface area contributed by atoms with E-state index in [9.17, 15) is 9.59 Å². The SMILES string of the molecule is O=C(Cc1ccncc1)NNC(=O)Nc1ccccn1. The summed E-state index contributed by atoms with van der Waals surface area (Å²) in [5.41, 5.74) is 5.36. The Hall–Kier alpha value is -2.96. The first-order valence-corrected chi connectivity index (χ1v) is 5.90. The molecule has 102 valence electrons. The van der Waals surface area contributed by atoms with Crippen molar-refractivity contribution in [2.45, 2.75) is 6.42 Å². The molecule has 2 aromatic rings. The summed E-state index contributed by atoms with van der Waals surface area (Å²) in [6, 6.07) is 8.01. The first kappa shape index (κ1) is 13.5. The molecule has 0 fully saturated rings. The smallest absolute Gasteiger partial charge is 0.291 e. The van der Waals surface area contributed by atoms with Crippen molar-refractivity contribution in [2.75, 3.05) is 5.32 Å². The number of nitrogens with zero attached hydrogens (tertiary/aromatic N) is 2. The highest BCUT2D eigenvalue weighted by molar-refractivity contribution is 5.90. The molecule has 0 unspecified atom stereocenters. The Labute approximate surface area is 115 Å². The molecule has 0 bridgehead atoms. The van der Waals surface area contributed by atoms with Gasteiger partial charge < -0.3 is 0 Å². The van der Waals surface area contributed by atoms with Gasteiger partial charge in [0, 0.05) is 18.6 Å². The minimum absolute atomic E-state index is 0.159. The third-order valence-corrected chi connectivity index (χ3v) is 2.34. The predicted molar refractivity (Wildman–Crippen MR) is 72.5 cm³/mol. The van der Waals surface area contributed by atoms with Crippen LogP contribution in [0.1, 0.15) is 5.56 Å². The lowest BCUT2D eigenvalue weighted by molar-refractivity contribution is -0.121. The standard InChI is InChI=1S/C13H13N5O2/c19-12(9-10-4-7-14-8-5-10)17-18-13(20)16-11-3-1-2-6-15-11/h1-8H,9H2,(H,17,19)(H2,15,16,18,20). The fourth-order valence-electron chi connectivity index (χ4n) is 1.44. The van der Waals surface area contributed by atoms with Gasteiger partial charge in [-0.1, -0.05) is 6.07 Å². The van der Waals surface area contributed by atoms with Crippen molar-refractivity contribution in [3.63, 3.8) is 0 Å². The van der Waals surface area contributed by atoms with Gasteiger partial charge in [-0.2, -0.15) is 0 Å². The van der Waals surface area contributed by atoms with Gasteiger partial charge in [0.25, 0.3) is 0 Å². The fraction of sp³-hybridized carbons (Fsp3) is 0.0769. The fourth-order valence-corrected chi connectivity index (χ4v) is 1.44. The number of hydrogen-bond donors (Lipinski definition) is 3. The van der Waals surface area contributed by atoms with Crippen LogP contribution < -0.4 is 16.2 Å². The molecular weight excluding hydrogens is 258 g/mol. The van der Waals surface area contributed by atoms with Crippen molar-refractivity contribution in [3.8, 4) is 0 Å². The number of aromatic nitrogens is 2. The monoisotopic (exact) mass is 271 g/mol. The molecule has 0 saturated heterocycles. The minimum atomic E-state index is -0.563. The summed E-state index contributed by atoms with van der Waals surface area (Å²) in [7, 11) is 0. The molecule has 7 heteroatoms. The van der Waals surface area contributed by atoms with E-state index in [0.717, 1.165) is 5.56 Å². The van der Waals surface area contributed by atoms with Gasteiger partial charge in [0.1, 0.15) is 5.82 Å². The van der Waals surface area contributed by atoms with Crippen molar-refractivity contribution in [1.82, 2.24) is 20.8 Å². The summed E-state index contributed by atoms with van der Waals surface area (Å²) in [4.78, 5) is 30.8. The Morgan fingerprint density at radius 1 is 1.00 bits per heavy atom. The Bertz CT molecular complexity index is 520. The average molecular weight is 271 g/mol. The molecule has 0 aromatic carbocycles. The summed E-state index contributed by atoms with van der Waals surface area (Å²) in [5, 5.41) is 2.48. The van der Waals surface area contributed by atoms with Crippen LogP contribution in [0.25, 0.3) is 0 Å². The first-order chi connectivity index (χ1) is 9.74. The van der Waals surface area contributed by atoms with Crippen LogP contribution in [0.3, 0.4) is 0 Å². The molecule has 3 amide bonds. The molecule has 3 N–H and O–H groups in total. The van der Waals surface area contributed by atoms with E-state index < -0.39 is 6.03 Å². The zero-order chi connectivity index (χ0) is 14.2. The minimum Gasteiger partial charge on any atom is -0.291 e. The predicted octanol–water partition coefficient (Wildman–Crippen LogP) is 0.872. The number of rotatable bonds is 3. The van der Waals surface area contributed by atoms with Crippen LogP contribution in [-0.2, 0) is 11.2 Å². The van der Waals surface area contributed by atoms with Crippen LogP contribution in [-0.4, -0.2) is 21.9 Å². The molecule has 0 radical (unpaired) electrons. The third kappa shape index (κ3) is 4.37. The molecular formula is C13H13N5O2. The van der Waals surface area contributed by atoms with Crippen molar-refractivity contribution < 1.29 is 9.59 Å². The third-order valence-electron chi connectivity index (χ3n) is 2.34. The van der Waals surface area contributed by atoms with E-state index in [2.05, 4.69) is 26.1 Å². The topological polar surface area (TPSA) is 96.0 Å². The largest absolute Gasteiger partial charge is 0.339 e. The zero-order valence-electron chi connectivity index (χ0n) is 10.5.